The molecule has 1 N–H and O–H groups in total. The summed E-state index contributed by atoms with van der Waals surface area (Å²) in [5.41, 5.74) is 1.72. The summed E-state index contributed by atoms with van der Waals surface area (Å²) in [5.74, 6) is -1.14. The molecule has 1 heterocycles. The molecule has 1 aromatic carbocycles. The first kappa shape index (κ1) is 18.3. The highest BCUT2D eigenvalue weighted by atomic mass is 16.4. The van der Waals surface area contributed by atoms with Crippen molar-refractivity contribution in [2.45, 2.75) is 33.1 Å². The normalized spacial score (nSPS) is 20.7. The highest BCUT2D eigenvalue weighted by molar-refractivity contribution is 5.95. The number of nitrogens with zero attached hydrogens (tertiary/aromatic N) is 2. The van der Waals surface area contributed by atoms with Crippen molar-refractivity contribution < 1.29 is 14.7 Å². The summed E-state index contributed by atoms with van der Waals surface area (Å²) in [6.45, 7) is 6.09. The minimum atomic E-state index is -0.813. The third kappa shape index (κ3) is 4.49. The third-order valence-electron chi connectivity index (χ3n) is 4.70. The zero-order valence-electron chi connectivity index (χ0n) is 14.9. The fraction of sp³-hybridized carbons (Fsp3) is 0.579. The molecule has 1 aliphatic heterocycles. The lowest BCUT2D eigenvalue weighted by Crippen LogP contribution is -2.45. The van der Waals surface area contributed by atoms with E-state index in [2.05, 4.69) is 18.9 Å². The van der Waals surface area contributed by atoms with E-state index in [-0.39, 0.29) is 11.8 Å². The van der Waals surface area contributed by atoms with Gasteiger partial charge in [0, 0.05) is 37.9 Å². The van der Waals surface area contributed by atoms with Crippen LogP contribution in [-0.2, 0) is 4.79 Å². The zero-order chi connectivity index (χ0) is 17.7. The first-order valence-electron chi connectivity index (χ1n) is 8.75. The Hall–Kier alpha value is -2.04. The topological polar surface area (TPSA) is 60.9 Å². The summed E-state index contributed by atoms with van der Waals surface area (Å²) in [4.78, 5) is 27.8. The second-order valence-electron chi connectivity index (χ2n) is 6.91. The molecule has 1 aliphatic rings. The number of amides is 1. The highest BCUT2D eigenvalue weighted by Crippen LogP contribution is 2.24. The number of unbranched alkanes of at least 4 members (excludes halogenated alkanes) is 1. The molecular formula is C19H28N2O3. The lowest BCUT2D eigenvalue weighted by molar-refractivity contribution is -0.143. The van der Waals surface area contributed by atoms with Crippen LogP contribution in [0, 0.1) is 11.8 Å². The molecule has 5 heteroatoms. The van der Waals surface area contributed by atoms with Crippen LogP contribution < -0.4 is 4.90 Å². The number of anilines is 1. The van der Waals surface area contributed by atoms with Gasteiger partial charge in [0.25, 0.3) is 5.91 Å². The number of hydrogen-bond donors (Lipinski definition) is 1. The van der Waals surface area contributed by atoms with Gasteiger partial charge in [0.2, 0.25) is 0 Å². The molecule has 0 aliphatic carbocycles. The van der Waals surface area contributed by atoms with Crippen LogP contribution in [0.3, 0.4) is 0 Å². The molecule has 1 fully saturated rings. The summed E-state index contributed by atoms with van der Waals surface area (Å²) < 4.78 is 0. The van der Waals surface area contributed by atoms with Crippen molar-refractivity contribution in [1.29, 1.82) is 0 Å². The second-order valence-corrected chi connectivity index (χ2v) is 6.91. The van der Waals surface area contributed by atoms with Gasteiger partial charge in [-0.05, 0) is 43.0 Å². The monoisotopic (exact) mass is 332 g/mol. The Kier molecular flexibility index (Phi) is 6.23. The predicted molar refractivity (Wildman–Crippen MR) is 95.4 cm³/mol. The minimum absolute atomic E-state index is 0.0736. The van der Waals surface area contributed by atoms with Gasteiger partial charge in [0.1, 0.15) is 0 Å². The molecule has 1 amide bonds. The molecular weight excluding hydrogens is 304 g/mol. The SMILES string of the molecule is CCCCN(C)c1ccc(C(=O)N2CC(C)CC(C(=O)O)C2)cc1. The van der Waals surface area contributed by atoms with Gasteiger partial charge in [0.05, 0.1) is 5.92 Å². The largest absolute Gasteiger partial charge is 0.481 e. The van der Waals surface area contributed by atoms with Crippen LogP contribution in [0.2, 0.25) is 0 Å². The van der Waals surface area contributed by atoms with Crippen LogP contribution in [0.15, 0.2) is 24.3 Å². The predicted octanol–water partition coefficient (Wildman–Crippen LogP) is 3.11. The van der Waals surface area contributed by atoms with Crippen molar-refractivity contribution >= 4 is 17.6 Å². The molecule has 2 atom stereocenters. The molecule has 1 aromatic rings. The first-order valence-corrected chi connectivity index (χ1v) is 8.75. The van der Waals surface area contributed by atoms with Crippen LogP contribution in [0.1, 0.15) is 43.5 Å². The van der Waals surface area contributed by atoms with Crippen molar-refractivity contribution in [2.75, 3.05) is 31.6 Å². The molecule has 0 saturated carbocycles. The zero-order valence-corrected chi connectivity index (χ0v) is 14.9. The number of likely N-dealkylation sites (tertiary alicyclic amines) is 1. The van der Waals surface area contributed by atoms with E-state index in [4.69, 9.17) is 0 Å². The van der Waals surface area contributed by atoms with Gasteiger partial charge in [-0.3, -0.25) is 9.59 Å². The van der Waals surface area contributed by atoms with E-state index < -0.39 is 11.9 Å². The Labute approximate surface area is 144 Å². The van der Waals surface area contributed by atoms with Crippen molar-refractivity contribution in [2.24, 2.45) is 11.8 Å². The Morgan fingerprint density at radius 1 is 1.25 bits per heavy atom. The smallest absolute Gasteiger partial charge is 0.308 e. The van der Waals surface area contributed by atoms with Crippen molar-refractivity contribution in [3.63, 3.8) is 0 Å². The summed E-state index contributed by atoms with van der Waals surface area (Å²) in [5, 5.41) is 9.25. The van der Waals surface area contributed by atoms with Crippen molar-refractivity contribution in [3.8, 4) is 0 Å². The maximum Gasteiger partial charge on any atom is 0.308 e. The van der Waals surface area contributed by atoms with Crippen molar-refractivity contribution in [3.05, 3.63) is 29.8 Å². The number of rotatable bonds is 6. The third-order valence-corrected chi connectivity index (χ3v) is 4.70. The molecule has 0 radical (unpaired) electrons. The van der Waals surface area contributed by atoms with Gasteiger partial charge < -0.3 is 14.9 Å². The molecule has 2 unspecified atom stereocenters. The van der Waals surface area contributed by atoms with Crippen LogP contribution in [0.25, 0.3) is 0 Å². The molecule has 24 heavy (non-hydrogen) atoms. The summed E-state index contributed by atoms with van der Waals surface area (Å²) in [7, 11) is 2.05. The van der Waals surface area contributed by atoms with E-state index in [1.165, 1.54) is 0 Å². The van der Waals surface area contributed by atoms with E-state index in [0.717, 1.165) is 25.1 Å². The number of carboxylic acids is 1. The van der Waals surface area contributed by atoms with Crippen LogP contribution in [0.4, 0.5) is 5.69 Å². The quantitative estimate of drug-likeness (QED) is 0.869. The molecule has 0 bridgehead atoms. The van der Waals surface area contributed by atoms with Gasteiger partial charge >= 0.3 is 5.97 Å². The summed E-state index contributed by atoms with van der Waals surface area (Å²) >= 11 is 0. The Morgan fingerprint density at radius 3 is 2.50 bits per heavy atom. The first-order chi connectivity index (χ1) is 11.4. The fourth-order valence-electron chi connectivity index (χ4n) is 3.26. The van der Waals surface area contributed by atoms with Crippen molar-refractivity contribution in [1.82, 2.24) is 4.90 Å². The maximum absolute atomic E-state index is 12.7. The standard InChI is InChI=1S/C19H28N2O3/c1-4-5-10-20(3)17-8-6-15(7-9-17)18(22)21-12-14(2)11-16(13-21)19(23)24/h6-9,14,16H,4-5,10-13H2,1-3H3,(H,23,24). The van der Waals surface area contributed by atoms with E-state index in [9.17, 15) is 14.7 Å². The molecule has 5 nitrogen and oxygen atoms in total. The lowest BCUT2D eigenvalue weighted by atomic mass is 9.90. The Balaban J connectivity index is 2.05. The molecule has 2 rings (SSSR count). The summed E-state index contributed by atoms with van der Waals surface area (Å²) in [6.07, 6.45) is 2.93. The fourth-order valence-corrected chi connectivity index (χ4v) is 3.26. The van der Waals surface area contributed by atoms with Gasteiger partial charge in [-0.15, -0.1) is 0 Å². The van der Waals surface area contributed by atoms with Crippen LogP contribution in [-0.4, -0.2) is 48.6 Å². The average Bonchev–Trinajstić information content (AvgIpc) is 2.58. The molecule has 0 aromatic heterocycles. The maximum atomic E-state index is 12.7. The lowest BCUT2D eigenvalue weighted by Gasteiger charge is -2.34. The number of aliphatic carboxylic acids is 1. The Bertz CT molecular complexity index is 570. The van der Waals surface area contributed by atoms with E-state index in [1.54, 1.807) is 4.90 Å². The Morgan fingerprint density at radius 2 is 1.92 bits per heavy atom. The minimum Gasteiger partial charge on any atom is -0.481 e. The molecule has 132 valence electrons. The number of carboxylic acid groups (broad SMARTS) is 1. The van der Waals surface area contributed by atoms with Crippen LogP contribution in [0.5, 0.6) is 0 Å². The van der Waals surface area contributed by atoms with E-state index >= 15 is 0 Å². The van der Waals surface area contributed by atoms with Crippen LogP contribution >= 0.6 is 0 Å². The number of hydrogen-bond acceptors (Lipinski definition) is 3. The number of carbonyl (C=O) groups is 2. The summed E-state index contributed by atoms with van der Waals surface area (Å²) in [6, 6.07) is 7.61. The highest BCUT2D eigenvalue weighted by Gasteiger charge is 2.32. The molecule has 0 spiro atoms. The number of piperidine rings is 1. The van der Waals surface area contributed by atoms with Gasteiger partial charge in [-0.1, -0.05) is 20.3 Å². The van der Waals surface area contributed by atoms with E-state index in [1.807, 2.05) is 31.2 Å². The second kappa shape index (κ2) is 8.18. The number of benzene rings is 1. The average molecular weight is 332 g/mol. The van der Waals surface area contributed by atoms with Gasteiger partial charge in [0.15, 0.2) is 0 Å². The number of carbonyl (C=O) groups excluding carboxylic acids is 1. The van der Waals surface area contributed by atoms with E-state index in [0.29, 0.717) is 25.1 Å². The molecule has 1 saturated heterocycles. The van der Waals surface area contributed by atoms with Gasteiger partial charge in [-0.25, -0.2) is 0 Å². The van der Waals surface area contributed by atoms with Gasteiger partial charge in [-0.2, -0.15) is 0 Å².